The fraction of sp³-hybridized carbons (Fsp3) is 0.333. The maximum atomic E-state index is 13.4. The molecule has 0 aliphatic carbocycles. The molecule has 16 heteroatoms. The summed E-state index contributed by atoms with van der Waals surface area (Å²) in [7, 11) is 1.23. The third kappa shape index (κ3) is 4.96. The molecule has 5 N–H and O–H groups in total. The minimum atomic E-state index is -1.85. The van der Waals surface area contributed by atoms with Gasteiger partial charge in [-0.15, -0.1) is 23.1 Å². The number of thioether (sulfide) groups is 2. The molecule has 196 valence electrons. The summed E-state index contributed by atoms with van der Waals surface area (Å²) in [4.78, 5) is 52.2. The lowest BCUT2D eigenvalue weighted by atomic mass is 9.97. The lowest BCUT2D eigenvalue weighted by Gasteiger charge is -2.56. The van der Waals surface area contributed by atoms with Crippen LogP contribution in [0.5, 0.6) is 0 Å². The van der Waals surface area contributed by atoms with Gasteiger partial charge in [-0.3, -0.25) is 14.5 Å². The highest BCUT2D eigenvalue weighted by Crippen LogP contribution is 2.47. The van der Waals surface area contributed by atoms with E-state index in [1.807, 2.05) is 0 Å². The van der Waals surface area contributed by atoms with Crippen LogP contribution < -0.4 is 21.2 Å². The van der Waals surface area contributed by atoms with Crippen molar-refractivity contribution < 1.29 is 33.9 Å². The van der Waals surface area contributed by atoms with Crippen LogP contribution in [0.2, 0.25) is 0 Å². The molecule has 2 aliphatic heterocycles. The average molecular weight is 567 g/mol. The number of thiophene rings is 1. The molecule has 4 rings (SSSR count). The number of nitrogens with two attached hydrogens (primary N) is 1. The van der Waals surface area contributed by atoms with Crippen LogP contribution in [-0.4, -0.2) is 68.6 Å². The number of carboxylic acids is 1. The predicted octanol–water partition coefficient (Wildman–Crippen LogP) is 0.299. The molecule has 0 bridgehead atoms. The first-order valence-electron chi connectivity index (χ1n) is 10.7. The van der Waals surface area contributed by atoms with E-state index in [0.717, 1.165) is 10.5 Å². The number of rotatable bonds is 9. The van der Waals surface area contributed by atoms with Gasteiger partial charge in [-0.25, -0.2) is 9.59 Å². The Bertz CT molecular complexity index is 1290. The summed E-state index contributed by atoms with van der Waals surface area (Å²) < 4.78 is 5.47. The van der Waals surface area contributed by atoms with Gasteiger partial charge < -0.3 is 31.4 Å². The summed E-state index contributed by atoms with van der Waals surface area (Å²) in [6.45, 7) is 1.78. The van der Waals surface area contributed by atoms with Gasteiger partial charge in [-0.1, -0.05) is 22.7 Å². The number of carbonyl (C=O) groups excluding carboxylic acids is 3. The molecule has 13 nitrogen and oxygen atoms in total. The van der Waals surface area contributed by atoms with Gasteiger partial charge in [0, 0.05) is 34.7 Å². The second-order valence-corrected chi connectivity index (χ2v) is 11.0. The van der Waals surface area contributed by atoms with Crippen LogP contribution in [0, 0.1) is 12.1 Å². The van der Waals surface area contributed by atoms with E-state index in [9.17, 15) is 29.5 Å². The smallest absolute Gasteiger partial charge is 0.352 e. The second-order valence-electron chi connectivity index (χ2n) is 7.98. The number of hydrogen-bond donors (Lipinski definition) is 4. The van der Waals surface area contributed by atoms with Gasteiger partial charge in [0.15, 0.2) is 5.03 Å². The van der Waals surface area contributed by atoms with Gasteiger partial charge in [0.1, 0.15) is 17.1 Å². The molecule has 0 radical (unpaired) electrons. The molecule has 4 amide bonds. The average Bonchev–Trinajstić information content (AvgIpc) is 3.39. The van der Waals surface area contributed by atoms with Crippen LogP contribution in [0.15, 0.2) is 46.1 Å². The third-order valence-corrected chi connectivity index (χ3v) is 9.16. The fourth-order valence-electron chi connectivity index (χ4n) is 3.92. The molecular weight excluding hydrogens is 544 g/mol. The predicted molar refractivity (Wildman–Crippen MR) is 134 cm³/mol. The zero-order valence-electron chi connectivity index (χ0n) is 19.5. The van der Waals surface area contributed by atoms with E-state index in [1.165, 1.54) is 48.2 Å². The minimum absolute atomic E-state index is 0.179. The summed E-state index contributed by atoms with van der Waals surface area (Å²) >= 11 is 3.61. The summed E-state index contributed by atoms with van der Waals surface area (Å²) in [6, 6.07) is 2.81. The number of ether oxygens (including phenoxy) is 1. The number of nitrogens with zero attached hydrogens (tertiary/aromatic N) is 3. The number of urea groups is 1. The summed E-state index contributed by atoms with van der Waals surface area (Å²) in [5.41, 5.74) is 4.39. The topological polar surface area (TPSA) is 191 Å². The van der Waals surface area contributed by atoms with Gasteiger partial charge in [0.25, 0.3) is 17.5 Å². The molecule has 1 fully saturated rings. The highest BCUT2D eigenvalue weighted by molar-refractivity contribution is 8.01. The number of aliphatic carboxylic acids is 1. The Labute approximate surface area is 223 Å². The summed E-state index contributed by atoms with van der Waals surface area (Å²) in [5, 5.41) is 31.6. The Balaban J connectivity index is 1.57. The number of aryl methyl sites for hydroxylation is 1. The van der Waals surface area contributed by atoms with E-state index < -0.39 is 41.0 Å². The molecule has 0 saturated carbocycles. The molecule has 2 aliphatic rings. The molecule has 0 aromatic carbocycles. The standard InChI is InChI=1S/C21H22N6O7S3/c1-10-5-6-26(33)25-16(10)36-8-11-9-37-19-21(34-2,18(31)27(19)14(11)17(29)30)24-15(28)13(23-20(22)32)12-4-3-7-35-12/h3-7,13,19H,8-9H2,1-2H3,(H,24,28)(H,29,30)(H3,22,23,32)/t13?,19?,21-/m1/s1. The highest BCUT2D eigenvalue weighted by Gasteiger charge is 2.67. The Kier molecular flexibility index (Phi) is 7.63. The number of primary amides is 1. The maximum absolute atomic E-state index is 13.4. The lowest BCUT2D eigenvalue weighted by Crippen LogP contribution is -2.81. The van der Waals surface area contributed by atoms with Crippen molar-refractivity contribution in [3.63, 3.8) is 0 Å². The molecular formula is C21H22N6O7S3. The number of carbonyl (C=O) groups is 4. The van der Waals surface area contributed by atoms with Gasteiger partial charge in [0.05, 0.1) is 0 Å². The molecule has 0 spiro atoms. The zero-order valence-corrected chi connectivity index (χ0v) is 21.9. The van der Waals surface area contributed by atoms with Gasteiger partial charge in [-0.05, 0) is 29.5 Å². The number of carboxylic acid groups (broad SMARTS) is 1. The lowest BCUT2D eigenvalue weighted by molar-refractivity contribution is -0.673. The Morgan fingerprint density at radius 3 is 2.84 bits per heavy atom. The largest absolute Gasteiger partial charge is 0.594 e. The number of β-lactam (4-membered cyclic amide) rings is 1. The van der Waals surface area contributed by atoms with Crippen LogP contribution in [0.3, 0.4) is 0 Å². The van der Waals surface area contributed by atoms with E-state index >= 15 is 0 Å². The van der Waals surface area contributed by atoms with Crippen molar-refractivity contribution in [1.82, 2.24) is 20.6 Å². The number of fused-ring (bicyclic) bond motifs is 1. The molecule has 2 aromatic heterocycles. The van der Waals surface area contributed by atoms with E-state index in [4.69, 9.17) is 10.5 Å². The first-order chi connectivity index (χ1) is 17.6. The van der Waals surface area contributed by atoms with E-state index in [-0.39, 0.29) is 17.2 Å². The molecule has 2 unspecified atom stereocenters. The molecule has 2 aromatic rings. The second kappa shape index (κ2) is 10.6. The number of methoxy groups -OCH3 is 1. The van der Waals surface area contributed by atoms with E-state index in [0.29, 0.717) is 20.3 Å². The van der Waals surface area contributed by atoms with Gasteiger partial charge in [0.2, 0.25) is 6.20 Å². The van der Waals surface area contributed by atoms with Crippen LogP contribution in [-0.2, 0) is 19.1 Å². The Morgan fingerprint density at radius 2 is 2.22 bits per heavy atom. The quantitative estimate of drug-likeness (QED) is 0.108. The van der Waals surface area contributed by atoms with Crippen LogP contribution in [0.4, 0.5) is 4.79 Å². The van der Waals surface area contributed by atoms with Crippen LogP contribution in [0.25, 0.3) is 0 Å². The number of amides is 4. The molecule has 4 heterocycles. The molecule has 1 saturated heterocycles. The Morgan fingerprint density at radius 1 is 1.46 bits per heavy atom. The minimum Gasteiger partial charge on any atom is -0.594 e. The summed E-state index contributed by atoms with van der Waals surface area (Å²) in [6.07, 6.45) is 1.27. The first kappa shape index (κ1) is 26.7. The first-order valence-corrected chi connectivity index (χ1v) is 13.6. The number of aromatic nitrogens is 2. The van der Waals surface area contributed by atoms with E-state index in [2.05, 4.69) is 15.7 Å². The zero-order chi connectivity index (χ0) is 26.9. The third-order valence-electron chi connectivity index (χ3n) is 5.68. The molecule has 3 atom stereocenters. The SMILES string of the molecule is CO[C@]1(NC(=O)C(NC(N)=O)c2cccs2)C(=O)N2C(C(=O)O)=C(CSc3n[n+]([O-])ccc3C)CSC21. The number of hydrogen-bond acceptors (Lipinski definition) is 10. The van der Waals surface area contributed by atoms with Crippen LogP contribution >= 0.6 is 34.9 Å². The van der Waals surface area contributed by atoms with Crippen molar-refractivity contribution >= 4 is 58.7 Å². The van der Waals surface area contributed by atoms with Gasteiger partial charge >= 0.3 is 12.0 Å². The van der Waals surface area contributed by atoms with Crippen molar-refractivity contribution in [2.24, 2.45) is 5.73 Å². The van der Waals surface area contributed by atoms with E-state index in [1.54, 1.807) is 30.5 Å². The van der Waals surface area contributed by atoms with Crippen molar-refractivity contribution in [3.8, 4) is 0 Å². The Hall–Kier alpha value is -3.34. The monoisotopic (exact) mass is 566 g/mol. The van der Waals surface area contributed by atoms with Crippen molar-refractivity contribution in [1.29, 1.82) is 0 Å². The molecule has 37 heavy (non-hydrogen) atoms. The summed E-state index contributed by atoms with van der Waals surface area (Å²) in [5.74, 6) is -2.42. The van der Waals surface area contributed by atoms with Crippen molar-refractivity contribution in [2.45, 2.75) is 29.1 Å². The fourth-order valence-corrected chi connectivity index (χ4v) is 7.24. The van der Waals surface area contributed by atoms with Crippen LogP contribution in [0.1, 0.15) is 16.5 Å². The highest BCUT2D eigenvalue weighted by atomic mass is 32.2. The normalized spacial score (nSPS) is 21.6. The maximum Gasteiger partial charge on any atom is 0.352 e. The number of nitrogens with one attached hydrogen (secondary N) is 2. The van der Waals surface area contributed by atoms with Gasteiger partial charge in [-0.2, -0.15) is 0 Å². The van der Waals surface area contributed by atoms with Crippen molar-refractivity contribution in [2.75, 3.05) is 18.6 Å². The van der Waals surface area contributed by atoms with Crippen molar-refractivity contribution in [3.05, 3.63) is 56.7 Å².